The van der Waals surface area contributed by atoms with Crippen LogP contribution in [0.25, 0.3) is 0 Å². The van der Waals surface area contributed by atoms with Crippen molar-refractivity contribution in [2.75, 3.05) is 7.11 Å². The van der Waals surface area contributed by atoms with Crippen LogP contribution in [0, 0.1) is 0 Å². The molecule has 1 aliphatic rings. The van der Waals surface area contributed by atoms with Gasteiger partial charge in [-0.3, -0.25) is 4.79 Å². The molecule has 0 aliphatic carbocycles. The highest BCUT2D eigenvalue weighted by Gasteiger charge is 2.47. The lowest BCUT2D eigenvalue weighted by atomic mass is 9.97. The van der Waals surface area contributed by atoms with Crippen LogP contribution in [-0.4, -0.2) is 30.2 Å². The van der Waals surface area contributed by atoms with Crippen LogP contribution in [0.5, 0.6) is 11.5 Å². The number of hydrogen-bond donors (Lipinski definition) is 0. The second kappa shape index (κ2) is 5.34. The fraction of sp³-hybridized carbons (Fsp3) is 0.588. The van der Waals surface area contributed by atoms with Crippen molar-refractivity contribution in [1.29, 1.82) is 0 Å². The van der Waals surface area contributed by atoms with Crippen LogP contribution in [0.3, 0.4) is 0 Å². The smallest absolute Gasteiger partial charge is 0.161 e. The molecule has 0 bridgehead atoms. The summed E-state index contributed by atoms with van der Waals surface area (Å²) >= 11 is 0. The summed E-state index contributed by atoms with van der Waals surface area (Å²) in [6, 6.07) is 5.26. The first-order valence-electron chi connectivity index (χ1n) is 7.20. The van der Waals surface area contributed by atoms with Crippen molar-refractivity contribution in [3.63, 3.8) is 0 Å². The molecule has 0 aromatic heterocycles. The molecule has 1 aromatic carbocycles. The molecule has 1 unspecified atom stereocenters. The second-order valence-electron chi connectivity index (χ2n) is 6.70. The van der Waals surface area contributed by atoms with E-state index in [-0.39, 0.29) is 23.1 Å². The molecule has 1 aliphatic heterocycles. The van der Waals surface area contributed by atoms with Crippen molar-refractivity contribution in [3.05, 3.63) is 23.8 Å². The van der Waals surface area contributed by atoms with Crippen molar-refractivity contribution >= 4 is 5.78 Å². The zero-order valence-corrected chi connectivity index (χ0v) is 13.6. The average molecular weight is 292 g/mol. The summed E-state index contributed by atoms with van der Waals surface area (Å²) in [7, 11) is 1.58. The molecule has 4 nitrogen and oxygen atoms in total. The van der Waals surface area contributed by atoms with E-state index >= 15 is 0 Å². The van der Waals surface area contributed by atoms with E-state index in [9.17, 15) is 4.79 Å². The van der Waals surface area contributed by atoms with Gasteiger partial charge in [0.25, 0.3) is 0 Å². The molecular weight excluding hydrogens is 268 g/mol. The van der Waals surface area contributed by atoms with Crippen molar-refractivity contribution in [3.8, 4) is 11.5 Å². The summed E-state index contributed by atoms with van der Waals surface area (Å²) in [6.45, 7) is 9.72. The standard InChI is InChI=1S/C17H24O4/c1-11(18)12-7-8-13(14(9-12)19-6)20-15-10-16(2,3)21-17(15,4)5/h7-9,15H,10H2,1-6H3. The number of Topliss-reactive ketones (excluding diaryl/α,β-unsaturated/α-hetero) is 1. The highest BCUT2D eigenvalue weighted by Crippen LogP contribution is 2.41. The van der Waals surface area contributed by atoms with Crippen molar-refractivity contribution in [2.45, 2.75) is 58.3 Å². The van der Waals surface area contributed by atoms with Crippen LogP contribution in [0.1, 0.15) is 51.4 Å². The van der Waals surface area contributed by atoms with Gasteiger partial charge in [-0.15, -0.1) is 0 Å². The fourth-order valence-electron chi connectivity index (χ4n) is 2.83. The van der Waals surface area contributed by atoms with Gasteiger partial charge in [0, 0.05) is 12.0 Å². The maximum atomic E-state index is 11.4. The Hall–Kier alpha value is -1.55. The fourth-order valence-corrected chi connectivity index (χ4v) is 2.83. The van der Waals surface area contributed by atoms with Gasteiger partial charge in [0.2, 0.25) is 0 Å². The monoisotopic (exact) mass is 292 g/mol. The van der Waals surface area contributed by atoms with Gasteiger partial charge in [0.1, 0.15) is 11.7 Å². The van der Waals surface area contributed by atoms with E-state index in [1.54, 1.807) is 25.3 Å². The van der Waals surface area contributed by atoms with E-state index in [0.717, 1.165) is 6.42 Å². The van der Waals surface area contributed by atoms with Gasteiger partial charge in [-0.2, -0.15) is 0 Å². The van der Waals surface area contributed by atoms with E-state index in [1.165, 1.54) is 6.92 Å². The van der Waals surface area contributed by atoms with E-state index in [0.29, 0.717) is 17.1 Å². The summed E-state index contributed by atoms with van der Waals surface area (Å²) in [4.78, 5) is 11.4. The van der Waals surface area contributed by atoms with Gasteiger partial charge < -0.3 is 14.2 Å². The van der Waals surface area contributed by atoms with Crippen LogP contribution < -0.4 is 9.47 Å². The molecule has 1 saturated heterocycles. The second-order valence-corrected chi connectivity index (χ2v) is 6.70. The maximum absolute atomic E-state index is 11.4. The summed E-state index contributed by atoms with van der Waals surface area (Å²) < 4.78 is 17.5. The van der Waals surface area contributed by atoms with Crippen LogP contribution >= 0.6 is 0 Å². The zero-order chi connectivity index (χ0) is 15.8. The molecule has 1 heterocycles. The van der Waals surface area contributed by atoms with Gasteiger partial charge in [-0.25, -0.2) is 0 Å². The molecule has 0 N–H and O–H groups in total. The molecule has 2 rings (SSSR count). The molecule has 1 fully saturated rings. The number of hydrogen-bond acceptors (Lipinski definition) is 4. The summed E-state index contributed by atoms with van der Waals surface area (Å²) in [5.74, 6) is 1.22. The third-order valence-corrected chi connectivity index (χ3v) is 3.83. The Balaban J connectivity index is 2.25. The number of ether oxygens (including phenoxy) is 3. The quantitative estimate of drug-likeness (QED) is 0.795. The summed E-state index contributed by atoms with van der Waals surface area (Å²) in [5.41, 5.74) is 0.0375. The average Bonchev–Trinajstić information content (AvgIpc) is 2.57. The third kappa shape index (κ3) is 3.38. The van der Waals surface area contributed by atoms with Gasteiger partial charge in [0.15, 0.2) is 17.3 Å². The molecule has 116 valence electrons. The number of rotatable bonds is 4. The number of ketones is 1. The predicted octanol–water partition coefficient (Wildman–Crippen LogP) is 3.62. The van der Waals surface area contributed by atoms with Crippen LogP contribution in [0.4, 0.5) is 0 Å². The number of carbonyl (C=O) groups excluding carboxylic acids is 1. The van der Waals surface area contributed by atoms with Gasteiger partial charge >= 0.3 is 0 Å². The first kappa shape index (κ1) is 15.8. The number of methoxy groups -OCH3 is 1. The largest absolute Gasteiger partial charge is 0.493 e. The summed E-state index contributed by atoms with van der Waals surface area (Å²) in [5, 5.41) is 0. The maximum Gasteiger partial charge on any atom is 0.161 e. The Morgan fingerprint density at radius 2 is 1.90 bits per heavy atom. The van der Waals surface area contributed by atoms with E-state index < -0.39 is 0 Å². The van der Waals surface area contributed by atoms with E-state index in [4.69, 9.17) is 14.2 Å². The molecule has 1 aromatic rings. The minimum absolute atomic E-state index is 0.00510. The van der Waals surface area contributed by atoms with Gasteiger partial charge in [-0.1, -0.05) is 0 Å². The molecule has 0 saturated carbocycles. The Bertz CT molecular complexity index is 546. The molecule has 0 radical (unpaired) electrons. The minimum atomic E-state index is -0.367. The normalized spacial score (nSPS) is 22.9. The molecular formula is C17H24O4. The van der Waals surface area contributed by atoms with E-state index in [1.807, 2.05) is 13.8 Å². The van der Waals surface area contributed by atoms with Crippen LogP contribution in [0.15, 0.2) is 18.2 Å². The Labute approximate surface area is 126 Å². The highest BCUT2D eigenvalue weighted by molar-refractivity contribution is 5.94. The van der Waals surface area contributed by atoms with E-state index in [2.05, 4.69) is 13.8 Å². The first-order chi connectivity index (χ1) is 9.64. The third-order valence-electron chi connectivity index (χ3n) is 3.83. The van der Waals surface area contributed by atoms with Crippen LogP contribution in [0.2, 0.25) is 0 Å². The summed E-state index contributed by atoms with van der Waals surface area (Å²) in [6.07, 6.45) is 0.738. The lowest BCUT2D eigenvalue weighted by molar-refractivity contribution is -0.0847. The van der Waals surface area contributed by atoms with Crippen molar-refractivity contribution in [1.82, 2.24) is 0 Å². The minimum Gasteiger partial charge on any atom is -0.493 e. The number of benzene rings is 1. The van der Waals surface area contributed by atoms with Crippen LogP contribution in [-0.2, 0) is 4.74 Å². The predicted molar refractivity (Wildman–Crippen MR) is 81.3 cm³/mol. The van der Waals surface area contributed by atoms with Crippen molar-refractivity contribution < 1.29 is 19.0 Å². The lowest BCUT2D eigenvalue weighted by Crippen LogP contribution is -2.36. The van der Waals surface area contributed by atoms with Gasteiger partial charge in [0.05, 0.1) is 12.7 Å². The Kier molecular flexibility index (Phi) is 4.02. The van der Waals surface area contributed by atoms with Crippen molar-refractivity contribution in [2.24, 2.45) is 0 Å². The molecule has 4 heteroatoms. The SMILES string of the molecule is COc1cc(C(C)=O)ccc1OC1CC(C)(C)OC1(C)C. The number of carbonyl (C=O) groups is 1. The lowest BCUT2D eigenvalue weighted by Gasteiger charge is -2.28. The zero-order valence-electron chi connectivity index (χ0n) is 13.6. The molecule has 0 amide bonds. The molecule has 1 atom stereocenters. The van der Waals surface area contributed by atoms with Gasteiger partial charge in [-0.05, 0) is 52.8 Å². The topological polar surface area (TPSA) is 44.8 Å². The highest BCUT2D eigenvalue weighted by atomic mass is 16.6. The Morgan fingerprint density at radius 1 is 1.24 bits per heavy atom. The Morgan fingerprint density at radius 3 is 2.38 bits per heavy atom. The first-order valence-corrected chi connectivity index (χ1v) is 7.20. The molecule has 21 heavy (non-hydrogen) atoms. The molecule has 0 spiro atoms.